The van der Waals surface area contributed by atoms with Crippen molar-refractivity contribution in [2.45, 2.75) is 0 Å². The number of rotatable bonds is 8. The van der Waals surface area contributed by atoms with Crippen LogP contribution in [0.1, 0.15) is 16.7 Å². The van der Waals surface area contributed by atoms with Gasteiger partial charge in [0.15, 0.2) is 5.71 Å². The SMILES string of the molecule is CON=C(C(=O)OC)c1ccccc1C=C/C(=N\OC)c1ccc(OC)cc1. The molecule has 0 aromatic heterocycles. The second-order valence-electron chi connectivity index (χ2n) is 5.42. The minimum Gasteiger partial charge on any atom is -0.497 e. The number of benzene rings is 2. The number of hydrogen-bond acceptors (Lipinski definition) is 7. The highest BCUT2D eigenvalue weighted by Gasteiger charge is 2.18. The van der Waals surface area contributed by atoms with Gasteiger partial charge in [0.25, 0.3) is 0 Å². The van der Waals surface area contributed by atoms with Crippen LogP contribution in [0.25, 0.3) is 6.08 Å². The summed E-state index contributed by atoms with van der Waals surface area (Å²) in [5.74, 6) is 0.150. The molecule has 0 amide bonds. The number of hydrogen-bond donors (Lipinski definition) is 0. The number of carbonyl (C=O) groups excluding carboxylic acids is 1. The molecule has 0 aliphatic rings. The van der Waals surface area contributed by atoms with Crippen molar-refractivity contribution >= 4 is 23.5 Å². The van der Waals surface area contributed by atoms with Crippen molar-refractivity contribution in [2.75, 3.05) is 28.4 Å². The third kappa shape index (κ3) is 5.20. The number of oxime groups is 2. The fourth-order valence-corrected chi connectivity index (χ4v) is 2.45. The molecule has 2 aromatic rings. The molecule has 0 aliphatic heterocycles. The van der Waals surface area contributed by atoms with Crippen LogP contribution in [0.4, 0.5) is 0 Å². The molecular weight excluding hydrogens is 360 g/mol. The monoisotopic (exact) mass is 382 g/mol. The van der Waals surface area contributed by atoms with Crippen LogP contribution in [-0.4, -0.2) is 45.8 Å². The van der Waals surface area contributed by atoms with Crippen molar-refractivity contribution in [1.29, 1.82) is 0 Å². The lowest BCUT2D eigenvalue weighted by Gasteiger charge is -2.08. The van der Waals surface area contributed by atoms with Gasteiger partial charge >= 0.3 is 5.97 Å². The second kappa shape index (κ2) is 10.5. The topological polar surface area (TPSA) is 78.7 Å². The van der Waals surface area contributed by atoms with Gasteiger partial charge in [-0.05, 0) is 35.9 Å². The molecular formula is C21H22N2O5. The molecule has 0 heterocycles. The van der Waals surface area contributed by atoms with Gasteiger partial charge in [0.2, 0.25) is 0 Å². The Morgan fingerprint density at radius 3 is 2.18 bits per heavy atom. The average molecular weight is 382 g/mol. The summed E-state index contributed by atoms with van der Waals surface area (Å²) in [5.41, 5.74) is 2.82. The van der Waals surface area contributed by atoms with Gasteiger partial charge < -0.3 is 19.1 Å². The predicted molar refractivity (Wildman–Crippen MR) is 108 cm³/mol. The number of carbonyl (C=O) groups is 1. The van der Waals surface area contributed by atoms with E-state index in [4.69, 9.17) is 19.1 Å². The molecule has 0 radical (unpaired) electrons. The maximum atomic E-state index is 12.1. The van der Waals surface area contributed by atoms with Crippen LogP contribution in [0.3, 0.4) is 0 Å². The van der Waals surface area contributed by atoms with Crippen molar-refractivity contribution in [3.8, 4) is 5.75 Å². The molecule has 146 valence electrons. The molecule has 7 nitrogen and oxygen atoms in total. The van der Waals surface area contributed by atoms with Crippen LogP contribution in [0.2, 0.25) is 0 Å². The van der Waals surface area contributed by atoms with E-state index in [0.29, 0.717) is 11.3 Å². The Kier molecular flexibility index (Phi) is 7.77. The molecule has 0 fully saturated rings. The number of methoxy groups -OCH3 is 2. The van der Waals surface area contributed by atoms with Crippen molar-refractivity contribution < 1.29 is 23.9 Å². The van der Waals surface area contributed by atoms with Crippen molar-refractivity contribution in [3.63, 3.8) is 0 Å². The highest BCUT2D eigenvalue weighted by atomic mass is 16.6. The van der Waals surface area contributed by atoms with E-state index in [1.165, 1.54) is 21.3 Å². The second-order valence-corrected chi connectivity index (χ2v) is 5.42. The van der Waals surface area contributed by atoms with Gasteiger partial charge in [0.05, 0.1) is 14.2 Å². The van der Waals surface area contributed by atoms with Crippen LogP contribution in [0, 0.1) is 0 Å². The van der Waals surface area contributed by atoms with Gasteiger partial charge in [0, 0.05) is 11.1 Å². The summed E-state index contributed by atoms with van der Waals surface area (Å²) in [5, 5.41) is 7.88. The Morgan fingerprint density at radius 2 is 1.57 bits per heavy atom. The Morgan fingerprint density at radius 1 is 0.893 bits per heavy atom. The minimum atomic E-state index is -0.594. The van der Waals surface area contributed by atoms with E-state index in [2.05, 4.69) is 10.3 Å². The molecule has 2 aromatic carbocycles. The lowest BCUT2D eigenvalue weighted by molar-refractivity contribution is -0.132. The quantitative estimate of drug-likeness (QED) is 0.398. The summed E-state index contributed by atoms with van der Waals surface area (Å²) in [6.45, 7) is 0. The van der Waals surface area contributed by atoms with E-state index in [1.54, 1.807) is 25.3 Å². The van der Waals surface area contributed by atoms with Crippen LogP contribution in [0.15, 0.2) is 64.9 Å². The molecule has 28 heavy (non-hydrogen) atoms. The number of nitrogens with zero attached hydrogens (tertiary/aromatic N) is 2. The highest BCUT2D eigenvalue weighted by Crippen LogP contribution is 2.16. The number of ether oxygens (including phenoxy) is 2. The molecule has 2 rings (SSSR count). The van der Waals surface area contributed by atoms with E-state index in [-0.39, 0.29) is 5.71 Å². The minimum absolute atomic E-state index is 0.0694. The van der Waals surface area contributed by atoms with Crippen molar-refractivity contribution in [1.82, 2.24) is 0 Å². The Labute approximate surface area is 163 Å². The van der Waals surface area contributed by atoms with Gasteiger partial charge in [-0.2, -0.15) is 0 Å². The smallest absolute Gasteiger partial charge is 0.360 e. The first-order valence-corrected chi connectivity index (χ1v) is 8.37. The number of allylic oxidation sites excluding steroid dienone is 1. The maximum Gasteiger partial charge on any atom is 0.360 e. The molecule has 0 saturated heterocycles. The fourth-order valence-electron chi connectivity index (χ4n) is 2.45. The first-order valence-electron chi connectivity index (χ1n) is 8.37. The summed E-state index contributed by atoms with van der Waals surface area (Å²) in [4.78, 5) is 21.8. The first kappa shape index (κ1) is 20.7. The average Bonchev–Trinajstić information content (AvgIpc) is 2.75. The molecule has 7 heteroatoms. The predicted octanol–water partition coefficient (Wildman–Crippen LogP) is 3.28. The van der Waals surface area contributed by atoms with E-state index in [0.717, 1.165) is 16.9 Å². The lowest BCUT2D eigenvalue weighted by Crippen LogP contribution is -2.18. The molecule has 0 spiro atoms. The third-order valence-electron chi connectivity index (χ3n) is 3.77. The van der Waals surface area contributed by atoms with Crippen molar-refractivity contribution in [3.05, 3.63) is 71.3 Å². The van der Waals surface area contributed by atoms with E-state index >= 15 is 0 Å². The first-order chi connectivity index (χ1) is 13.6. The van der Waals surface area contributed by atoms with Crippen LogP contribution >= 0.6 is 0 Å². The fraction of sp³-hybridized carbons (Fsp3) is 0.190. The molecule has 0 bridgehead atoms. The Bertz CT molecular complexity index is 886. The zero-order valence-corrected chi connectivity index (χ0v) is 16.2. The van der Waals surface area contributed by atoms with Gasteiger partial charge in [-0.25, -0.2) is 4.79 Å². The zero-order valence-electron chi connectivity index (χ0n) is 16.2. The summed E-state index contributed by atoms with van der Waals surface area (Å²) in [6, 6.07) is 14.7. The van der Waals surface area contributed by atoms with E-state index in [1.807, 2.05) is 42.5 Å². The van der Waals surface area contributed by atoms with Gasteiger partial charge in [-0.3, -0.25) is 0 Å². The highest BCUT2D eigenvalue weighted by molar-refractivity contribution is 6.43. The van der Waals surface area contributed by atoms with Crippen molar-refractivity contribution in [2.24, 2.45) is 10.3 Å². The maximum absolute atomic E-state index is 12.1. The Hall–Kier alpha value is -3.61. The summed E-state index contributed by atoms with van der Waals surface area (Å²) >= 11 is 0. The molecule has 0 unspecified atom stereocenters. The van der Waals surface area contributed by atoms with E-state index in [9.17, 15) is 4.79 Å². The number of esters is 1. The van der Waals surface area contributed by atoms with Crippen LogP contribution < -0.4 is 4.74 Å². The summed E-state index contributed by atoms with van der Waals surface area (Å²) < 4.78 is 9.98. The summed E-state index contributed by atoms with van der Waals surface area (Å²) in [6.07, 6.45) is 3.59. The van der Waals surface area contributed by atoms with Gasteiger partial charge in [0.1, 0.15) is 25.7 Å². The molecule has 0 N–H and O–H groups in total. The normalized spacial score (nSPS) is 12.0. The third-order valence-corrected chi connectivity index (χ3v) is 3.77. The largest absolute Gasteiger partial charge is 0.497 e. The van der Waals surface area contributed by atoms with Gasteiger partial charge in [-0.15, -0.1) is 0 Å². The summed E-state index contributed by atoms with van der Waals surface area (Å²) in [7, 11) is 5.75. The zero-order chi connectivity index (χ0) is 20.4. The molecule has 0 saturated carbocycles. The van der Waals surface area contributed by atoms with Crippen LogP contribution in [-0.2, 0) is 19.2 Å². The standard InChI is InChI=1S/C21H22N2O5/c1-25-17-12-9-16(10-13-17)19(22-27-3)14-11-15-7-5-6-8-18(15)20(23-28-4)21(24)26-2/h5-14H,1-4H3/b14-11?,22-19+,23-20?. The van der Waals surface area contributed by atoms with Crippen LogP contribution in [0.5, 0.6) is 5.75 Å². The van der Waals surface area contributed by atoms with E-state index < -0.39 is 5.97 Å². The Balaban J connectivity index is 2.42. The molecule has 0 atom stereocenters. The lowest BCUT2D eigenvalue weighted by atomic mass is 10.0. The molecule has 0 aliphatic carbocycles. The van der Waals surface area contributed by atoms with Gasteiger partial charge in [-0.1, -0.05) is 40.7 Å².